The molecule has 34 heavy (non-hydrogen) atoms. The molecule has 180 valence electrons. The zero-order chi connectivity index (χ0) is 24.7. The molecule has 7 N–H and O–H groups in total. The maximum atomic E-state index is 12.2. The smallest absolute Gasteiger partial charge is 0.237 e. The fourth-order valence-corrected chi connectivity index (χ4v) is 3.56. The molecule has 1 heterocycles. The fourth-order valence-electron chi connectivity index (χ4n) is 3.56. The largest absolute Gasteiger partial charge is 0.508 e. The van der Waals surface area contributed by atoms with Crippen LogP contribution in [-0.4, -0.2) is 52.6 Å². The van der Waals surface area contributed by atoms with Crippen LogP contribution in [0.15, 0.2) is 42.5 Å². The number of unbranched alkanes of at least 4 members (excludes halogenated alkanes) is 1. The molecule has 0 fully saturated rings. The summed E-state index contributed by atoms with van der Waals surface area (Å²) in [6.07, 6.45) is 1.86. The van der Waals surface area contributed by atoms with Crippen LogP contribution in [0.1, 0.15) is 25.3 Å². The first kappa shape index (κ1) is 24.7. The van der Waals surface area contributed by atoms with Crippen LogP contribution in [0, 0.1) is 10.8 Å². The van der Waals surface area contributed by atoms with Gasteiger partial charge >= 0.3 is 0 Å². The number of nitrogens with one attached hydrogen (secondary N) is 4. The second kappa shape index (κ2) is 11.3. The lowest BCUT2D eigenvalue weighted by Gasteiger charge is -2.15. The van der Waals surface area contributed by atoms with Gasteiger partial charge in [-0.25, -0.2) is 4.98 Å². The number of hydrogen-bond donors (Lipinski definition) is 6. The molecule has 0 unspecified atom stereocenters. The van der Waals surface area contributed by atoms with E-state index in [1.807, 2.05) is 0 Å². The summed E-state index contributed by atoms with van der Waals surface area (Å²) in [4.78, 5) is 16.8. The molecule has 1 aromatic heterocycles. The quantitative estimate of drug-likeness (QED) is 0.152. The number of nitrogens with two attached hydrogens (primary N) is 1. The maximum Gasteiger partial charge on any atom is 0.237 e. The van der Waals surface area contributed by atoms with E-state index in [0.717, 1.165) is 18.4 Å². The SMILES string of the molecule is COc1ccc2c(c1)nc(NCCCCNC(=O)[C@@H](N)Cc1ccc(O)cc1)c(=N)n2C(C)=N. The zero-order valence-corrected chi connectivity index (χ0v) is 19.4. The third-order valence-electron chi connectivity index (χ3n) is 5.36. The number of rotatable bonds is 10. The number of benzene rings is 2. The lowest BCUT2D eigenvalue weighted by molar-refractivity contribution is -0.122. The van der Waals surface area contributed by atoms with Gasteiger partial charge in [0.2, 0.25) is 5.91 Å². The van der Waals surface area contributed by atoms with Crippen LogP contribution in [-0.2, 0) is 11.2 Å². The highest BCUT2D eigenvalue weighted by Gasteiger charge is 2.14. The summed E-state index contributed by atoms with van der Waals surface area (Å²) in [5.74, 6) is 1.21. The van der Waals surface area contributed by atoms with Crippen LogP contribution in [0.4, 0.5) is 5.82 Å². The second-order valence-corrected chi connectivity index (χ2v) is 7.99. The molecule has 3 aromatic rings. The van der Waals surface area contributed by atoms with Gasteiger partial charge in [0.15, 0.2) is 11.3 Å². The number of ether oxygens (including phenoxy) is 1. The van der Waals surface area contributed by atoms with E-state index >= 15 is 0 Å². The van der Waals surface area contributed by atoms with Crippen molar-refractivity contribution in [2.45, 2.75) is 32.2 Å². The lowest BCUT2D eigenvalue weighted by atomic mass is 10.1. The Kier molecular flexibility index (Phi) is 8.20. The normalized spacial score (nSPS) is 11.7. The van der Waals surface area contributed by atoms with Gasteiger partial charge < -0.3 is 26.2 Å². The molecule has 0 aliphatic heterocycles. The molecule has 0 bridgehead atoms. The van der Waals surface area contributed by atoms with Gasteiger partial charge in [-0.05, 0) is 56.0 Å². The van der Waals surface area contributed by atoms with E-state index in [4.69, 9.17) is 21.3 Å². The molecule has 10 nitrogen and oxygen atoms in total. The average Bonchev–Trinajstić information content (AvgIpc) is 2.82. The summed E-state index contributed by atoms with van der Waals surface area (Å²) in [6.45, 7) is 2.67. The van der Waals surface area contributed by atoms with Crippen molar-refractivity contribution in [3.63, 3.8) is 0 Å². The molecule has 0 spiro atoms. The van der Waals surface area contributed by atoms with Gasteiger partial charge in [0, 0.05) is 19.2 Å². The Morgan fingerprint density at radius 2 is 1.91 bits per heavy atom. The van der Waals surface area contributed by atoms with E-state index in [2.05, 4.69) is 15.6 Å². The first-order chi connectivity index (χ1) is 16.3. The number of carbonyl (C=O) groups is 1. The van der Waals surface area contributed by atoms with Gasteiger partial charge in [0.1, 0.15) is 17.3 Å². The van der Waals surface area contributed by atoms with Crippen molar-refractivity contribution < 1.29 is 14.6 Å². The highest BCUT2D eigenvalue weighted by Crippen LogP contribution is 2.19. The van der Waals surface area contributed by atoms with Gasteiger partial charge in [-0.3, -0.25) is 20.2 Å². The highest BCUT2D eigenvalue weighted by molar-refractivity contribution is 5.91. The minimum Gasteiger partial charge on any atom is -0.508 e. The van der Waals surface area contributed by atoms with Gasteiger partial charge in [-0.2, -0.15) is 0 Å². The highest BCUT2D eigenvalue weighted by atomic mass is 16.5. The van der Waals surface area contributed by atoms with Crippen LogP contribution >= 0.6 is 0 Å². The number of amides is 1. The monoisotopic (exact) mass is 465 g/mol. The predicted octanol–water partition coefficient (Wildman–Crippen LogP) is 1.95. The van der Waals surface area contributed by atoms with E-state index in [1.165, 1.54) is 4.57 Å². The number of hydrogen-bond acceptors (Lipinski definition) is 8. The third-order valence-corrected chi connectivity index (χ3v) is 5.36. The van der Waals surface area contributed by atoms with Crippen molar-refractivity contribution in [1.82, 2.24) is 14.9 Å². The molecule has 1 amide bonds. The molecule has 0 saturated carbocycles. The van der Waals surface area contributed by atoms with Crippen LogP contribution < -0.4 is 26.6 Å². The Morgan fingerprint density at radius 1 is 1.21 bits per heavy atom. The Bertz CT molecular complexity index is 1220. The third kappa shape index (κ3) is 6.10. The van der Waals surface area contributed by atoms with Gasteiger partial charge in [0.25, 0.3) is 0 Å². The van der Waals surface area contributed by atoms with Crippen LogP contribution in [0.25, 0.3) is 11.0 Å². The molecular weight excluding hydrogens is 434 g/mol. The molecule has 0 aliphatic rings. The summed E-state index contributed by atoms with van der Waals surface area (Å²) < 4.78 is 6.80. The fraction of sp³-hybridized carbons (Fsp3) is 0.333. The lowest BCUT2D eigenvalue weighted by Crippen LogP contribution is -2.42. The van der Waals surface area contributed by atoms with Crippen molar-refractivity contribution in [2.24, 2.45) is 5.73 Å². The van der Waals surface area contributed by atoms with Crippen molar-refractivity contribution in [3.8, 4) is 11.5 Å². The maximum absolute atomic E-state index is 12.2. The van der Waals surface area contributed by atoms with Crippen molar-refractivity contribution in [1.29, 1.82) is 10.8 Å². The standard InChI is InChI=1S/C24H31N7O3/c1-15(25)31-21-10-9-18(34-2)14-20(21)30-23(22(31)27)28-11-3-4-12-29-24(33)19(26)13-16-5-7-17(32)8-6-16/h5-10,14,19,25,27,32H,3-4,11-13,26H2,1-2H3,(H,28,30)(H,29,33)/t19-/m0/s1. The molecular formula is C24H31N7O3. The van der Waals surface area contributed by atoms with Crippen molar-refractivity contribution in [2.75, 3.05) is 25.5 Å². The number of carbonyl (C=O) groups excluding carboxylic acids is 1. The Hall–Kier alpha value is -3.92. The summed E-state index contributed by atoms with van der Waals surface area (Å²) in [7, 11) is 1.58. The minimum absolute atomic E-state index is 0.110. The Labute approximate surface area is 197 Å². The summed E-state index contributed by atoms with van der Waals surface area (Å²) >= 11 is 0. The number of fused-ring (bicyclic) bond motifs is 1. The van der Waals surface area contributed by atoms with Crippen molar-refractivity contribution in [3.05, 3.63) is 53.5 Å². The van der Waals surface area contributed by atoms with Crippen LogP contribution in [0.2, 0.25) is 0 Å². The number of aromatic hydroxyl groups is 1. The minimum atomic E-state index is -0.660. The van der Waals surface area contributed by atoms with Gasteiger partial charge in [0.05, 0.1) is 24.2 Å². The van der Waals surface area contributed by atoms with Crippen LogP contribution in [0.3, 0.4) is 0 Å². The predicted molar refractivity (Wildman–Crippen MR) is 131 cm³/mol. The number of methoxy groups -OCH3 is 1. The number of nitrogens with zero attached hydrogens (tertiary/aromatic N) is 2. The molecule has 10 heteroatoms. The molecule has 3 rings (SSSR count). The molecule has 0 radical (unpaired) electrons. The summed E-state index contributed by atoms with van der Waals surface area (Å²) in [5.41, 5.74) is 8.26. The summed E-state index contributed by atoms with van der Waals surface area (Å²) in [5, 5.41) is 31.9. The van der Waals surface area contributed by atoms with E-state index < -0.39 is 6.04 Å². The molecule has 1 atom stereocenters. The average molecular weight is 466 g/mol. The zero-order valence-electron chi connectivity index (χ0n) is 19.4. The van der Waals surface area contributed by atoms with E-state index in [1.54, 1.807) is 56.5 Å². The Morgan fingerprint density at radius 3 is 2.59 bits per heavy atom. The number of phenols is 1. The second-order valence-electron chi connectivity index (χ2n) is 7.99. The first-order valence-corrected chi connectivity index (χ1v) is 11.1. The van der Waals surface area contributed by atoms with E-state index in [-0.39, 0.29) is 23.0 Å². The number of phenolic OH excluding ortho intramolecular Hbond substituents is 1. The molecule has 0 aliphatic carbocycles. The first-order valence-electron chi connectivity index (χ1n) is 11.1. The van der Waals surface area contributed by atoms with Gasteiger partial charge in [-0.1, -0.05) is 12.1 Å². The molecule has 2 aromatic carbocycles. The van der Waals surface area contributed by atoms with Crippen LogP contribution in [0.5, 0.6) is 11.5 Å². The molecule has 0 saturated heterocycles. The number of aromatic nitrogens is 2. The van der Waals surface area contributed by atoms with Crippen molar-refractivity contribution >= 4 is 28.6 Å². The summed E-state index contributed by atoms with van der Waals surface area (Å²) in [6, 6.07) is 11.3. The van der Waals surface area contributed by atoms with E-state index in [9.17, 15) is 9.90 Å². The van der Waals surface area contributed by atoms with Gasteiger partial charge in [-0.15, -0.1) is 0 Å². The number of anilines is 1. The topological polar surface area (TPSA) is 162 Å². The van der Waals surface area contributed by atoms with E-state index in [0.29, 0.717) is 42.1 Å². The Balaban J connectivity index is 1.50.